The number of sulfonamides is 1. The molecule has 2 saturated carbocycles. The summed E-state index contributed by atoms with van der Waals surface area (Å²) < 4.78 is 38.8. The topological polar surface area (TPSA) is 204 Å². The van der Waals surface area contributed by atoms with Gasteiger partial charge in [0.05, 0.1) is 17.5 Å². The number of rotatable bonds is 6. The molecule has 0 unspecified atom stereocenters. The molecule has 4 heterocycles. The van der Waals surface area contributed by atoms with E-state index < -0.39 is 74.0 Å². The van der Waals surface area contributed by atoms with E-state index in [1.807, 2.05) is 6.08 Å². The van der Waals surface area contributed by atoms with Crippen molar-refractivity contribution in [2.24, 2.45) is 11.3 Å². The number of tetrazole rings is 1. The Bertz CT molecular complexity index is 1850. The molecule has 16 nitrogen and oxygen atoms in total. The zero-order valence-corrected chi connectivity index (χ0v) is 31.1. The van der Waals surface area contributed by atoms with Crippen LogP contribution < -0.4 is 20.1 Å². The Hall–Kier alpha value is -4.80. The summed E-state index contributed by atoms with van der Waals surface area (Å²) in [4.78, 5) is 57.9. The van der Waals surface area contributed by atoms with Gasteiger partial charge in [-0.05, 0) is 86.3 Å². The van der Waals surface area contributed by atoms with Crippen LogP contribution in [0.2, 0.25) is 0 Å². The fraction of sp³-hybridized carbons (Fsp3) is 0.583. The van der Waals surface area contributed by atoms with E-state index in [9.17, 15) is 27.6 Å². The number of nitrogens with one attached hydrogen (secondary N) is 3. The number of fused-ring (bicyclic) bond motifs is 14. The van der Waals surface area contributed by atoms with Gasteiger partial charge in [0.1, 0.15) is 30.0 Å². The molecule has 5 atom stereocenters. The van der Waals surface area contributed by atoms with Gasteiger partial charge >= 0.3 is 6.09 Å². The van der Waals surface area contributed by atoms with Crippen molar-refractivity contribution in [1.29, 1.82) is 0 Å². The van der Waals surface area contributed by atoms with Gasteiger partial charge in [0.25, 0.3) is 5.91 Å². The second-order valence-electron chi connectivity index (χ2n) is 15.3. The Balaban J connectivity index is 1.29. The second-order valence-corrected chi connectivity index (χ2v) is 17.2. The molecule has 17 heteroatoms. The second kappa shape index (κ2) is 15.3. The van der Waals surface area contributed by atoms with Gasteiger partial charge in [0, 0.05) is 18.4 Å². The van der Waals surface area contributed by atoms with E-state index in [1.165, 1.54) is 15.8 Å². The molecule has 286 valence electrons. The highest BCUT2D eigenvalue weighted by Gasteiger charge is 2.62. The molecule has 4 amide bonds. The first-order valence-corrected chi connectivity index (χ1v) is 19.7. The van der Waals surface area contributed by atoms with Gasteiger partial charge in [0.2, 0.25) is 21.8 Å². The number of aromatic nitrogens is 4. The van der Waals surface area contributed by atoms with Crippen molar-refractivity contribution in [1.82, 2.24) is 40.5 Å². The Morgan fingerprint density at radius 3 is 2.51 bits per heavy atom. The predicted octanol–water partition coefficient (Wildman–Crippen LogP) is 2.67. The SMILES string of the molecule is C=C[C@@H]1C[C@]1(NC(=O)[C@@H]1C[C@@H]2CN1C(=O)[C@H](C(C)(C)C)NC(=O)OCCCCC/C=C/COc1ccc(cc1)-n1nnc2n1)C(=O)NS(=O)(=O)C1CC1. The minimum atomic E-state index is -3.90. The standard InChI is InChI=1S/C36H48N8O8S/c1-5-24-21-36(24,33(47)41-53(49,50)27-16-17-27)38-31(45)28-20-23-22-43(28)32(46)29(35(2,3)4)37-34(48)52-19-11-9-7-6-8-10-18-51-26-14-12-25(13-15-26)44-40-30(23)39-42-44/h5,8,10,12-15,23-24,27-29H,1,6-7,9,11,16-22H2,2-4H3,(H,37,48)(H,38,45)(H,41,47)/b10-8+/t23-,24-,28+,29-,36-/m1/s1. The highest BCUT2D eigenvalue weighted by atomic mass is 32.2. The molecular formula is C36H48N8O8S. The molecule has 53 heavy (non-hydrogen) atoms. The van der Waals surface area contributed by atoms with Gasteiger partial charge in [-0.25, -0.2) is 13.2 Å². The van der Waals surface area contributed by atoms with Gasteiger partial charge in [0.15, 0.2) is 5.82 Å². The predicted molar refractivity (Wildman–Crippen MR) is 192 cm³/mol. The van der Waals surface area contributed by atoms with Crippen molar-refractivity contribution < 1.29 is 37.1 Å². The van der Waals surface area contributed by atoms with E-state index in [0.717, 1.165) is 19.3 Å². The molecule has 2 aliphatic carbocycles. The maximum atomic E-state index is 14.5. The maximum Gasteiger partial charge on any atom is 0.407 e. The summed E-state index contributed by atoms with van der Waals surface area (Å²) >= 11 is 0. The van der Waals surface area contributed by atoms with Crippen LogP contribution in [0.4, 0.5) is 4.79 Å². The lowest BCUT2D eigenvalue weighted by atomic mass is 9.85. The highest BCUT2D eigenvalue weighted by molar-refractivity contribution is 7.91. The van der Waals surface area contributed by atoms with E-state index in [1.54, 1.807) is 45.0 Å². The van der Waals surface area contributed by atoms with E-state index >= 15 is 0 Å². The molecule has 1 saturated heterocycles. The molecule has 7 rings (SSSR count). The van der Waals surface area contributed by atoms with Gasteiger partial charge < -0.3 is 25.0 Å². The highest BCUT2D eigenvalue weighted by Crippen LogP contribution is 2.46. The van der Waals surface area contributed by atoms with Crippen molar-refractivity contribution in [2.45, 2.75) is 101 Å². The molecule has 0 spiro atoms. The zero-order valence-electron chi connectivity index (χ0n) is 30.3. The minimum absolute atomic E-state index is 0.00631. The maximum absolute atomic E-state index is 14.5. The third-order valence-electron chi connectivity index (χ3n) is 10.1. The van der Waals surface area contributed by atoms with Crippen LogP contribution in [-0.2, 0) is 29.1 Å². The first-order chi connectivity index (χ1) is 25.2. The Morgan fingerprint density at radius 1 is 1.08 bits per heavy atom. The molecular weight excluding hydrogens is 705 g/mol. The van der Waals surface area contributed by atoms with E-state index in [2.05, 4.69) is 43.4 Å². The van der Waals surface area contributed by atoms with Crippen LogP contribution in [0.5, 0.6) is 5.75 Å². The van der Waals surface area contributed by atoms with Gasteiger partial charge in [-0.1, -0.05) is 39.0 Å². The smallest absolute Gasteiger partial charge is 0.407 e. The lowest BCUT2D eigenvalue weighted by Gasteiger charge is -2.35. The minimum Gasteiger partial charge on any atom is -0.490 e. The first-order valence-electron chi connectivity index (χ1n) is 18.1. The summed E-state index contributed by atoms with van der Waals surface area (Å²) in [7, 11) is -3.90. The number of allylic oxidation sites excluding steroid dienone is 1. The van der Waals surface area contributed by atoms with Crippen LogP contribution in [0.25, 0.3) is 5.69 Å². The number of carbonyl (C=O) groups excluding carboxylic acids is 4. The molecule has 3 N–H and O–H groups in total. The van der Waals surface area contributed by atoms with Crippen LogP contribution >= 0.6 is 0 Å². The number of carbonyl (C=O) groups is 4. The van der Waals surface area contributed by atoms with Crippen LogP contribution in [0.15, 0.2) is 49.1 Å². The summed E-state index contributed by atoms with van der Waals surface area (Å²) in [6, 6.07) is 4.98. The third-order valence-corrected chi connectivity index (χ3v) is 12.0. The summed E-state index contributed by atoms with van der Waals surface area (Å²) in [5.74, 6) is -2.15. The quantitative estimate of drug-likeness (QED) is 0.366. The number of ether oxygens (including phenoxy) is 2. The number of alkyl carbamates (subject to hydrolysis) is 1. The van der Waals surface area contributed by atoms with Gasteiger partial charge in [-0.3, -0.25) is 19.1 Å². The number of hydrogen-bond acceptors (Lipinski definition) is 11. The Kier molecular flexibility index (Phi) is 10.9. The van der Waals surface area contributed by atoms with Crippen LogP contribution in [0, 0.1) is 11.3 Å². The normalized spacial score (nSPS) is 27.7. The van der Waals surface area contributed by atoms with Gasteiger partial charge in [-0.2, -0.15) is 0 Å². The number of amides is 4. The van der Waals surface area contributed by atoms with E-state index in [0.29, 0.717) is 37.3 Å². The number of nitrogens with zero attached hydrogens (tertiary/aromatic N) is 5. The monoisotopic (exact) mass is 752 g/mol. The number of benzene rings is 1. The molecule has 0 radical (unpaired) electrons. The molecule has 1 aromatic heterocycles. The molecule has 6 bridgehead atoms. The summed E-state index contributed by atoms with van der Waals surface area (Å²) in [5.41, 5.74) is -1.73. The molecule has 5 aliphatic rings. The van der Waals surface area contributed by atoms with Crippen molar-refractivity contribution in [2.75, 3.05) is 19.8 Å². The molecule has 3 fully saturated rings. The Morgan fingerprint density at radius 2 is 1.83 bits per heavy atom. The fourth-order valence-electron chi connectivity index (χ4n) is 6.72. The summed E-state index contributed by atoms with van der Waals surface area (Å²) in [6.07, 6.45) is 9.12. The van der Waals surface area contributed by atoms with E-state index in [-0.39, 0.29) is 31.8 Å². The van der Waals surface area contributed by atoms with Crippen molar-refractivity contribution >= 4 is 33.8 Å². The average molecular weight is 753 g/mol. The molecule has 3 aliphatic heterocycles. The zero-order chi connectivity index (χ0) is 38.0. The molecule has 1 aromatic carbocycles. The van der Waals surface area contributed by atoms with Crippen molar-refractivity contribution in [3.05, 3.63) is 54.9 Å². The number of hydrogen-bond donors (Lipinski definition) is 3. The third kappa shape index (κ3) is 8.71. The lowest BCUT2D eigenvalue weighted by Crippen LogP contribution is -2.60. The average Bonchev–Trinajstić information content (AvgIpc) is 3.99. The Labute approximate surface area is 309 Å². The van der Waals surface area contributed by atoms with E-state index in [4.69, 9.17) is 9.47 Å². The largest absolute Gasteiger partial charge is 0.490 e. The lowest BCUT2D eigenvalue weighted by molar-refractivity contribution is -0.142. The van der Waals surface area contributed by atoms with Crippen LogP contribution in [0.1, 0.15) is 83.9 Å². The molecule has 2 aromatic rings. The summed E-state index contributed by atoms with van der Waals surface area (Å²) in [6.45, 7) is 9.74. The van der Waals surface area contributed by atoms with Crippen molar-refractivity contribution in [3.63, 3.8) is 0 Å². The van der Waals surface area contributed by atoms with Gasteiger partial charge in [-0.15, -0.1) is 21.6 Å². The summed E-state index contributed by atoms with van der Waals surface area (Å²) in [5, 5.41) is 18.0. The fourth-order valence-corrected chi connectivity index (χ4v) is 8.08. The van der Waals surface area contributed by atoms with Crippen LogP contribution in [-0.4, -0.2) is 100.0 Å². The first kappa shape index (κ1) is 37.9. The van der Waals surface area contributed by atoms with Crippen molar-refractivity contribution in [3.8, 4) is 11.4 Å². The van der Waals surface area contributed by atoms with Crippen LogP contribution in [0.3, 0.4) is 0 Å².